The summed E-state index contributed by atoms with van der Waals surface area (Å²) in [5.41, 5.74) is 5.11. The molecule has 0 atom stereocenters. The zero-order valence-corrected chi connectivity index (χ0v) is 12.7. The summed E-state index contributed by atoms with van der Waals surface area (Å²) >= 11 is 4.74. The number of halogens is 1. The molecule has 0 heterocycles. The molecular formula is C13H24ClNO5. The number of hydrogen-bond donors (Lipinski definition) is 2. The molecule has 3 N–H and O–H groups in total. The molecular weight excluding hydrogens is 286 g/mol. The average molecular weight is 310 g/mol. The summed E-state index contributed by atoms with van der Waals surface area (Å²) in [4.78, 5) is 31.1. The number of ether oxygens (including phenoxy) is 1. The SMILES string of the molecule is CCCCCCOC(=O)CCC(=O)CN.O=C(O)CCl. The van der Waals surface area contributed by atoms with Gasteiger partial charge >= 0.3 is 11.9 Å². The maximum absolute atomic E-state index is 11.1. The van der Waals surface area contributed by atoms with Gasteiger partial charge in [0.1, 0.15) is 11.7 Å². The standard InChI is InChI=1S/C11H21NO3.C2H3ClO2/c1-2-3-4-5-8-15-11(14)7-6-10(13)9-12;3-1-2(4)5/h2-9,12H2,1H3;1H2,(H,4,5). The first-order valence-electron chi connectivity index (χ1n) is 6.63. The molecule has 20 heavy (non-hydrogen) atoms. The number of carboxylic acid groups (broad SMARTS) is 1. The number of Topliss-reactive ketones (excluding diaryl/α,β-unsaturated/α-hetero) is 1. The van der Waals surface area contributed by atoms with Crippen LogP contribution in [0.2, 0.25) is 0 Å². The lowest BCUT2D eigenvalue weighted by molar-refractivity contribution is -0.144. The van der Waals surface area contributed by atoms with Gasteiger partial charge in [-0.25, -0.2) is 0 Å². The second kappa shape index (κ2) is 15.9. The molecule has 0 aromatic carbocycles. The number of alkyl halides is 1. The number of ketones is 1. The second-order valence-corrected chi connectivity index (χ2v) is 4.32. The highest BCUT2D eigenvalue weighted by atomic mass is 35.5. The van der Waals surface area contributed by atoms with E-state index in [1.807, 2.05) is 0 Å². The summed E-state index contributed by atoms with van der Waals surface area (Å²) in [6.07, 6.45) is 4.69. The fourth-order valence-electron chi connectivity index (χ4n) is 1.13. The van der Waals surface area contributed by atoms with Crippen LogP contribution in [0.1, 0.15) is 45.4 Å². The van der Waals surface area contributed by atoms with Crippen LogP contribution < -0.4 is 5.73 Å². The van der Waals surface area contributed by atoms with Gasteiger partial charge in [-0.1, -0.05) is 26.2 Å². The summed E-state index contributed by atoms with van der Waals surface area (Å²) < 4.78 is 4.95. The minimum atomic E-state index is -0.980. The Morgan fingerprint density at radius 1 is 1.15 bits per heavy atom. The third-order valence-corrected chi connectivity index (χ3v) is 2.44. The highest BCUT2D eigenvalue weighted by Crippen LogP contribution is 2.00. The first-order valence-corrected chi connectivity index (χ1v) is 7.16. The van der Waals surface area contributed by atoms with E-state index in [-0.39, 0.29) is 37.0 Å². The van der Waals surface area contributed by atoms with E-state index in [2.05, 4.69) is 6.92 Å². The van der Waals surface area contributed by atoms with Crippen LogP contribution in [0.15, 0.2) is 0 Å². The molecule has 118 valence electrons. The maximum atomic E-state index is 11.1. The monoisotopic (exact) mass is 309 g/mol. The van der Waals surface area contributed by atoms with Crippen LogP contribution in [0, 0.1) is 0 Å². The summed E-state index contributed by atoms with van der Waals surface area (Å²) in [7, 11) is 0. The van der Waals surface area contributed by atoms with Gasteiger partial charge in [0.15, 0.2) is 0 Å². The van der Waals surface area contributed by atoms with E-state index < -0.39 is 5.97 Å². The fraction of sp³-hybridized carbons (Fsp3) is 0.769. The Bertz CT molecular complexity index is 284. The number of carboxylic acids is 1. The Hall–Kier alpha value is -1.14. The van der Waals surface area contributed by atoms with Crippen LogP contribution in [0.5, 0.6) is 0 Å². The van der Waals surface area contributed by atoms with Gasteiger partial charge in [-0.15, -0.1) is 11.6 Å². The summed E-state index contributed by atoms with van der Waals surface area (Å²) in [6.45, 7) is 2.60. The van der Waals surface area contributed by atoms with Crippen molar-refractivity contribution in [1.29, 1.82) is 0 Å². The first kappa shape index (κ1) is 21.2. The highest BCUT2D eigenvalue weighted by molar-refractivity contribution is 6.26. The number of nitrogens with two attached hydrogens (primary N) is 1. The number of esters is 1. The van der Waals surface area contributed by atoms with E-state index in [0.717, 1.165) is 12.8 Å². The molecule has 0 aliphatic carbocycles. The van der Waals surface area contributed by atoms with Gasteiger partial charge in [0.25, 0.3) is 0 Å². The zero-order chi connectivity index (χ0) is 15.8. The third-order valence-electron chi connectivity index (χ3n) is 2.21. The number of unbranched alkanes of at least 4 members (excludes halogenated alkanes) is 3. The molecule has 0 unspecified atom stereocenters. The minimum absolute atomic E-state index is 0.00375. The van der Waals surface area contributed by atoms with E-state index in [1.165, 1.54) is 12.8 Å². The van der Waals surface area contributed by atoms with E-state index >= 15 is 0 Å². The quantitative estimate of drug-likeness (QED) is 0.361. The average Bonchev–Trinajstić information content (AvgIpc) is 2.45. The van der Waals surface area contributed by atoms with E-state index in [0.29, 0.717) is 6.61 Å². The van der Waals surface area contributed by atoms with Gasteiger partial charge in [0.2, 0.25) is 0 Å². The highest BCUT2D eigenvalue weighted by Gasteiger charge is 2.06. The lowest BCUT2D eigenvalue weighted by Crippen LogP contribution is -2.15. The molecule has 0 rings (SSSR count). The van der Waals surface area contributed by atoms with Gasteiger partial charge < -0.3 is 15.6 Å². The molecule has 0 aliphatic heterocycles. The summed E-state index contributed by atoms with van der Waals surface area (Å²) in [5.74, 6) is -1.68. The number of carbonyl (C=O) groups is 3. The smallest absolute Gasteiger partial charge is 0.318 e. The minimum Gasteiger partial charge on any atom is -0.480 e. The number of rotatable bonds is 10. The van der Waals surface area contributed by atoms with Crippen molar-refractivity contribution in [3.8, 4) is 0 Å². The second-order valence-electron chi connectivity index (χ2n) is 4.05. The zero-order valence-electron chi connectivity index (χ0n) is 11.9. The van der Waals surface area contributed by atoms with Crippen molar-refractivity contribution in [2.75, 3.05) is 19.0 Å². The fourth-order valence-corrected chi connectivity index (χ4v) is 1.13. The molecule has 0 radical (unpaired) electrons. The topological polar surface area (TPSA) is 107 Å². The predicted octanol–water partition coefficient (Wildman–Crippen LogP) is 1.73. The van der Waals surface area contributed by atoms with Crippen LogP contribution in [0.3, 0.4) is 0 Å². The van der Waals surface area contributed by atoms with Gasteiger partial charge in [-0.05, 0) is 6.42 Å². The van der Waals surface area contributed by atoms with Crippen molar-refractivity contribution >= 4 is 29.3 Å². The summed E-state index contributed by atoms with van der Waals surface area (Å²) in [6, 6.07) is 0. The Morgan fingerprint density at radius 3 is 2.20 bits per heavy atom. The van der Waals surface area contributed by atoms with Crippen molar-refractivity contribution in [1.82, 2.24) is 0 Å². The molecule has 0 aromatic rings. The lowest BCUT2D eigenvalue weighted by Gasteiger charge is -2.03. The van der Waals surface area contributed by atoms with E-state index in [4.69, 9.17) is 27.2 Å². The maximum Gasteiger partial charge on any atom is 0.318 e. The van der Waals surface area contributed by atoms with Gasteiger partial charge in [0.05, 0.1) is 19.6 Å². The largest absolute Gasteiger partial charge is 0.480 e. The normalized spacial score (nSPS) is 9.35. The van der Waals surface area contributed by atoms with Crippen LogP contribution in [0.25, 0.3) is 0 Å². The molecule has 0 aliphatic rings. The van der Waals surface area contributed by atoms with Crippen molar-refractivity contribution in [3.05, 3.63) is 0 Å². The Labute approximate surface area is 124 Å². The number of carbonyl (C=O) groups excluding carboxylic acids is 2. The van der Waals surface area contributed by atoms with Gasteiger partial charge in [-0.2, -0.15) is 0 Å². The van der Waals surface area contributed by atoms with Crippen molar-refractivity contribution in [2.45, 2.75) is 45.4 Å². The van der Waals surface area contributed by atoms with E-state index in [9.17, 15) is 14.4 Å². The van der Waals surface area contributed by atoms with Crippen LogP contribution >= 0.6 is 11.6 Å². The van der Waals surface area contributed by atoms with Gasteiger partial charge in [-0.3, -0.25) is 14.4 Å². The molecule has 0 aromatic heterocycles. The number of aliphatic carboxylic acids is 1. The Balaban J connectivity index is 0. The molecule has 7 heteroatoms. The summed E-state index contributed by atoms with van der Waals surface area (Å²) in [5, 5.41) is 7.59. The van der Waals surface area contributed by atoms with Crippen molar-refractivity contribution in [3.63, 3.8) is 0 Å². The molecule has 0 spiro atoms. The van der Waals surface area contributed by atoms with Crippen molar-refractivity contribution in [2.24, 2.45) is 5.73 Å². The number of hydrogen-bond acceptors (Lipinski definition) is 5. The first-order chi connectivity index (χ1) is 9.47. The third kappa shape index (κ3) is 19.2. The Kier molecular flexibility index (Phi) is 16.8. The molecule has 0 bridgehead atoms. The van der Waals surface area contributed by atoms with Crippen molar-refractivity contribution < 1.29 is 24.2 Å². The van der Waals surface area contributed by atoms with Crippen LogP contribution in [-0.2, 0) is 19.1 Å². The molecule has 6 nitrogen and oxygen atoms in total. The molecule has 0 saturated carbocycles. The predicted molar refractivity (Wildman–Crippen MR) is 76.8 cm³/mol. The van der Waals surface area contributed by atoms with Gasteiger partial charge in [0, 0.05) is 6.42 Å². The molecule has 0 amide bonds. The van der Waals surface area contributed by atoms with E-state index in [1.54, 1.807) is 0 Å². The van der Waals surface area contributed by atoms with Crippen LogP contribution in [-0.4, -0.2) is 41.9 Å². The molecule has 0 fully saturated rings. The van der Waals surface area contributed by atoms with Crippen LogP contribution in [0.4, 0.5) is 0 Å². The lowest BCUT2D eigenvalue weighted by atomic mass is 10.2. The molecule has 0 saturated heterocycles. The Morgan fingerprint density at radius 2 is 1.75 bits per heavy atom.